The highest BCUT2D eigenvalue weighted by Crippen LogP contribution is 2.24. The Balaban J connectivity index is 2.28. The van der Waals surface area contributed by atoms with Gasteiger partial charge in [0.1, 0.15) is 12.0 Å². The summed E-state index contributed by atoms with van der Waals surface area (Å²) in [7, 11) is 0. The molecular weight excluding hydrogens is 314 g/mol. The van der Waals surface area contributed by atoms with Crippen LogP contribution in [0.25, 0.3) is 0 Å². The van der Waals surface area contributed by atoms with Gasteiger partial charge in [-0.05, 0) is 28.8 Å². The predicted molar refractivity (Wildman–Crippen MR) is 77.4 cm³/mol. The average Bonchev–Trinajstić information content (AvgIpc) is 2.39. The minimum absolute atomic E-state index is 0.0275. The van der Waals surface area contributed by atoms with Crippen molar-refractivity contribution in [2.24, 2.45) is 0 Å². The number of ether oxygens (including phenoxy) is 1. The zero-order chi connectivity index (χ0) is 14.1. The topological polar surface area (TPSA) is 77.3 Å². The molecule has 0 amide bonds. The maximum absolute atomic E-state index is 10.6. The molecule has 106 valence electrons. The van der Waals surface area contributed by atoms with Gasteiger partial charge in [-0.15, -0.1) is 0 Å². The molecule has 0 fully saturated rings. The van der Waals surface area contributed by atoms with E-state index in [9.17, 15) is 10.1 Å². The van der Waals surface area contributed by atoms with Crippen LogP contribution in [0.3, 0.4) is 0 Å². The van der Waals surface area contributed by atoms with Crippen molar-refractivity contribution in [1.29, 1.82) is 0 Å². The molecule has 0 saturated carbocycles. The summed E-state index contributed by atoms with van der Waals surface area (Å²) in [5.41, 5.74) is -0.0275. The largest absolute Gasteiger partial charge is 0.381 e. The number of nitrogens with zero attached hydrogens (tertiary/aromatic N) is 2. The first kappa shape index (κ1) is 15.8. The smallest absolute Gasteiger partial charge is 0.288 e. The van der Waals surface area contributed by atoms with Gasteiger partial charge < -0.3 is 10.1 Å². The van der Waals surface area contributed by atoms with Crippen molar-refractivity contribution in [2.75, 3.05) is 25.1 Å². The Hall–Kier alpha value is -1.21. The Morgan fingerprint density at radius 3 is 2.84 bits per heavy atom. The molecule has 0 radical (unpaired) electrons. The summed E-state index contributed by atoms with van der Waals surface area (Å²) >= 11 is 3.26. The third-order valence-corrected chi connectivity index (χ3v) is 3.04. The first-order valence-electron chi connectivity index (χ1n) is 6.26. The lowest BCUT2D eigenvalue weighted by atomic mass is 10.3. The van der Waals surface area contributed by atoms with Crippen LogP contribution in [0.2, 0.25) is 0 Å². The monoisotopic (exact) mass is 331 g/mol. The number of unbranched alkanes of at least 4 members (excludes halogenated alkanes) is 1. The van der Waals surface area contributed by atoms with Gasteiger partial charge in [-0.2, -0.15) is 0 Å². The predicted octanol–water partition coefficient (Wildman–Crippen LogP) is 3.37. The van der Waals surface area contributed by atoms with Crippen molar-refractivity contribution in [3.8, 4) is 0 Å². The van der Waals surface area contributed by atoms with Crippen molar-refractivity contribution >= 4 is 27.4 Å². The second-order valence-corrected chi connectivity index (χ2v) is 4.88. The van der Waals surface area contributed by atoms with Gasteiger partial charge in [-0.1, -0.05) is 13.3 Å². The van der Waals surface area contributed by atoms with E-state index in [0.29, 0.717) is 16.9 Å². The van der Waals surface area contributed by atoms with Gasteiger partial charge in [0.25, 0.3) is 5.69 Å². The average molecular weight is 332 g/mol. The highest BCUT2D eigenvalue weighted by Gasteiger charge is 2.09. The first-order valence-corrected chi connectivity index (χ1v) is 7.06. The standard InChI is InChI=1S/C12H18BrN3O3/c1-2-3-6-19-7-4-5-14-12-11(13)8-10(9-15-12)16(17)18/h8-9H,2-7H2,1H3,(H,14,15). The number of hydrogen-bond acceptors (Lipinski definition) is 5. The van der Waals surface area contributed by atoms with Crippen molar-refractivity contribution in [1.82, 2.24) is 4.98 Å². The van der Waals surface area contributed by atoms with E-state index in [2.05, 4.69) is 33.2 Å². The second-order valence-electron chi connectivity index (χ2n) is 4.03. The van der Waals surface area contributed by atoms with Crippen molar-refractivity contribution < 1.29 is 9.66 Å². The molecule has 0 aliphatic heterocycles. The van der Waals surface area contributed by atoms with Gasteiger partial charge in [0, 0.05) is 25.8 Å². The summed E-state index contributed by atoms with van der Waals surface area (Å²) in [4.78, 5) is 14.1. The molecule has 0 aromatic carbocycles. The van der Waals surface area contributed by atoms with Crippen LogP contribution in [0.15, 0.2) is 16.7 Å². The van der Waals surface area contributed by atoms with E-state index >= 15 is 0 Å². The molecule has 1 aromatic heterocycles. The van der Waals surface area contributed by atoms with Crippen LogP contribution in [0.5, 0.6) is 0 Å². The quantitative estimate of drug-likeness (QED) is 0.426. The third kappa shape index (κ3) is 5.98. The molecule has 6 nitrogen and oxygen atoms in total. The van der Waals surface area contributed by atoms with Crippen LogP contribution >= 0.6 is 15.9 Å². The summed E-state index contributed by atoms with van der Waals surface area (Å²) in [5.74, 6) is 0.610. The Bertz CT molecular complexity index is 415. The zero-order valence-electron chi connectivity index (χ0n) is 10.9. The number of halogens is 1. The SMILES string of the molecule is CCCCOCCCNc1ncc([N+](=O)[O-])cc1Br. The molecule has 0 bridgehead atoms. The van der Waals surface area contributed by atoms with Crippen LogP contribution in [-0.4, -0.2) is 29.7 Å². The summed E-state index contributed by atoms with van der Waals surface area (Å²) in [6.45, 7) is 4.35. The van der Waals surface area contributed by atoms with E-state index < -0.39 is 4.92 Å². The minimum Gasteiger partial charge on any atom is -0.381 e. The highest BCUT2D eigenvalue weighted by molar-refractivity contribution is 9.10. The van der Waals surface area contributed by atoms with Crippen molar-refractivity contribution in [2.45, 2.75) is 26.2 Å². The Morgan fingerprint density at radius 1 is 1.47 bits per heavy atom. The molecule has 0 aliphatic carbocycles. The minimum atomic E-state index is -0.469. The molecule has 1 rings (SSSR count). The van der Waals surface area contributed by atoms with Gasteiger partial charge in [-0.25, -0.2) is 4.98 Å². The molecule has 19 heavy (non-hydrogen) atoms. The number of nitrogens with one attached hydrogen (secondary N) is 1. The fourth-order valence-corrected chi connectivity index (χ4v) is 1.86. The molecule has 0 saturated heterocycles. The molecule has 0 atom stereocenters. The zero-order valence-corrected chi connectivity index (χ0v) is 12.5. The van der Waals surface area contributed by atoms with Crippen molar-refractivity contribution in [3.05, 3.63) is 26.9 Å². The molecule has 1 heterocycles. The van der Waals surface area contributed by atoms with E-state index in [1.807, 2.05) is 0 Å². The van der Waals surface area contributed by atoms with Crippen LogP contribution < -0.4 is 5.32 Å². The molecule has 0 aliphatic rings. The molecule has 0 unspecified atom stereocenters. The second kappa shape index (κ2) is 8.82. The summed E-state index contributed by atoms with van der Waals surface area (Å²) < 4.78 is 6.02. The van der Waals surface area contributed by atoms with E-state index in [4.69, 9.17) is 4.74 Å². The van der Waals surface area contributed by atoms with Crippen LogP contribution in [0.1, 0.15) is 26.2 Å². The van der Waals surface area contributed by atoms with E-state index in [1.54, 1.807) is 0 Å². The fraction of sp³-hybridized carbons (Fsp3) is 0.583. The maximum Gasteiger partial charge on any atom is 0.288 e. The van der Waals surface area contributed by atoms with Gasteiger partial charge in [0.2, 0.25) is 0 Å². The van der Waals surface area contributed by atoms with Crippen LogP contribution in [-0.2, 0) is 4.74 Å². The number of aromatic nitrogens is 1. The molecule has 1 N–H and O–H groups in total. The number of hydrogen-bond donors (Lipinski definition) is 1. The number of pyridine rings is 1. The number of nitro groups is 1. The van der Waals surface area contributed by atoms with Gasteiger partial charge in [-0.3, -0.25) is 10.1 Å². The Morgan fingerprint density at radius 2 is 2.21 bits per heavy atom. The van der Waals surface area contributed by atoms with Crippen LogP contribution in [0, 0.1) is 10.1 Å². The van der Waals surface area contributed by atoms with Gasteiger partial charge >= 0.3 is 0 Å². The lowest BCUT2D eigenvalue weighted by Gasteiger charge is -2.07. The number of rotatable bonds is 9. The van der Waals surface area contributed by atoms with Crippen molar-refractivity contribution in [3.63, 3.8) is 0 Å². The molecule has 1 aromatic rings. The lowest BCUT2D eigenvalue weighted by Crippen LogP contribution is -2.08. The molecule has 7 heteroatoms. The summed E-state index contributed by atoms with van der Waals surface area (Å²) in [5, 5.41) is 13.7. The summed E-state index contributed by atoms with van der Waals surface area (Å²) in [6.07, 6.45) is 4.33. The van der Waals surface area contributed by atoms with Gasteiger partial charge in [0.15, 0.2) is 0 Å². The normalized spacial score (nSPS) is 10.4. The highest BCUT2D eigenvalue weighted by atomic mass is 79.9. The number of anilines is 1. The third-order valence-electron chi connectivity index (χ3n) is 2.44. The van der Waals surface area contributed by atoms with E-state index in [0.717, 1.165) is 32.4 Å². The van der Waals surface area contributed by atoms with Crippen LogP contribution in [0.4, 0.5) is 11.5 Å². The van der Waals surface area contributed by atoms with E-state index in [1.165, 1.54) is 12.3 Å². The first-order chi connectivity index (χ1) is 9.15. The van der Waals surface area contributed by atoms with Gasteiger partial charge in [0.05, 0.1) is 9.40 Å². The Labute approximate surface area is 120 Å². The lowest BCUT2D eigenvalue weighted by molar-refractivity contribution is -0.385. The van der Waals surface area contributed by atoms with E-state index in [-0.39, 0.29) is 5.69 Å². The molecular formula is C12H18BrN3O3. The maximum atomic E-state index is 10.6. The fourth-order valence-electron chi connectivity index (χ4n) is 1.39. The summed E-state index contributed by atoms with van der Waals surface area (Å²) in [6, 6.07) is 1.44. The molecule has 0 spiro atoms. The Kier molecular flexibility index (Phi) is 7.35.